The van der Waals surface area contributed by atoms with Gasteiger partial charge in [0.2, 0.25) is 0 Å². The molecule has 1 atom stereocenters. The first-order chi connectivity index (χ1) is 9.78. The van der Waals surface area contributed by atoms with Crippen LogP contribution in [-0.2, 0) is 0 Å². The largest absolute Gasteiger partial charge is 0.350 e. The molecule has 1 aromatic heterocycles. The van der Waals surface area contributed by atoms with Gasteiger partial charge in [-0.3, -0.25) is 0 Å². The summed E-state index contributed by atoms with van der Waals surface area (Å²) in [5.74, 6) is 0. The van der Waals surface area contributed by atoms with E-state index < -0.39 is 0 Å². The van der Waals surface area contributed by atoms with E-state index in [1.807, 2.05) is 0 Å². The van der Waals surface area contributed by atoms with Crippen LogP contribution >= 0.6 is 11.8 Å². The fraction of sp³-hybridized carbons (Fsp3) is 0.176. The van der Waals surface area contributed by atoms with Crippen molar-refractivity contribution in [3.8, 4) is 0 Å². The van der Waals surface area contributed by atoms with Gasteiger partial charge >= 0.3 is 0 Å². The van der Waals surface area contributed by atoms with Gasteiger partial charge in [0.05, 0.1) is 5.03 Å². The van der Waals surface area contributed by atoms with Crippen molar-refractivity contribution in [2.24, 2.45) is 5.73 Å². The predicted octanol–water partition coefficient (Wildman–Crippen LogP) is 4.27. The first kappa shape index (κ1) is 13.3. The summed E-state index contributed by atoms with van der Waals surface area (Å²) in [6, 6.07) is 19.0. The standard InChI is InChI=1S/C17H18N2S/c1-12-6-2-4-8-14(12)16(11-18)20-17-10-13-7-3-5-9-15(13)19-17/h2-10,16,19H,11,18H2,1H3. The van der Waals surface area contributed by atoms with Gasteiger partial charge in [-0.15, -0.1) is 0 Å². The van der Waals surface area contributed by atoms with Crippen molar-refractivity contribution >= 4 is 22.7 Å². The van der Waals surface area contributed by atoms with Crippen LogP contribution in [0.15, 0.2) is 59.6 Å². The van der Waals surface area contributed by atoms with Gasteiger partial charge in [-0.1, -0.05) is 54.2 Å². The zero-order chi connectivity index (χ0) is 13.9. The second-order valence-corrected chi connectivity index (χ2v) is 6.16. The van der Waals surface area contributed by atoms with Crippen LogP contribution in [0, 0.1) is 6.92 Å². The summed E-state index contributed by atoms with van der Waals surface area (Å²) in [5.41, 5.74) is 9.77. The van der Waals surface area contributed by atoms with Crippen LogP contribution in [0.3, 0.4) is 0 Å². The second kappa shape index (κ2) is 5.73. The van der Waals surface area contributed by atoms with Crippen LogP contribution in [0.1, 0.15) is 16.4 Å². The van der Waals surface area contributed by atoms with Crippen LogP contribution in [0.4, 0.5) is 0 Å². The minimum absolute atomic E-state index is 0.282. The molecule has 3 rings (SSSR count). The lowest BCUT2D eigenvalue weighted by Gasteiger charge is -2.16. The summed E-state index contributed by atoms with van der Waals surface area (Å²) in [6.07, 6.45) is 0. The lowest BCUT2D eigenvalue weighted by atomic mass is 10.1. The third-order valence-corrected chi connectivity index (χ3v) is 4.73. The number of para-hydroxylation sites is 1. The van der Waals surface area contributed by atoms with Gasteiger partial charge < -0.3 is 10.7 Å². The molecule has 102 valence electrons. The molecule has 0 spiro atoms. The van der Waals surface area contributed by atoms with E-state index in [0.717, 1.165) is 0 Å². The van der Waals surface area contributed by atoms with Crippen molar-refractivity contribution in [3.05, 3.63) is 65.7 Å². The normalized spacial score (nSPS) is 12.7. The third kappa shape index (κ3) is 2.60. The van der Waals surface area contributed by atoms with E-state index in [1.54, 1.807) is 11.8 Å². The molecule has 0 aliphatic rings. The summed E-state index contributed by atoms with van der Waals surface area (Å²) >= 11 is 1.80. The number of H-pyrrole nitrogens is 1. The van der Waals surface area contributed by atoms with Crippen LogP contribution < -0.4 is 5.73 Å². The molecule has 0 bridgehead atoms. The number of aromatic amines is 1. The molecule has 2 nitrogen and oxygen atoms in total. The molecule has 0 amide bonds. The van der Waals surface area contributed by atoms with Crippen molar-refractivity contribution in [3.63, 3.8) is 0 Å². The zero-order valence-corrected chi connectivity index (χ0v) is 12.3. The third-order valence-electron chi connectivity index (χ3n) is 3.52. The van der Waals surface area contributed by atoms with Gasteiger partial charge in [-0.25, -0.2) is 0 Å². The average Bonchev–Trinajstić information content (AvgIpc) is 2.88. The van der Waals surface area contributed by atoms with E-state index >= 15 is 0 Å². The smallest absolute Gasteiger partial charge is 0.0738 e. The molecule has 0 saturated carbocycles. The molecule has 3 N–H and O–H groups in total. The topological polar surface area (TPSA) is 41.8 Å². The lowest BCUT2D eigenvalue weighted by Crippen LogP contribution is -2.10. The van der Waals surface area contributed by atoms with E-state index in [9.17, 15) is 0 Å². The SMILES string of the molecule is Cc1ccccc1C(CN)Sc1cc2ccccc2[nH]1. The molecule has 20 heavy (non-hydrogen) atoms. The Balaban J connectivity index is 1.90. The average molecular weight is 282 g/mol. The highest BCUT2D eigenvalue weighted by Crippen LogP contribution is 2.36. The number of aromatic nitrogens is 1. The van der Waals surface area contributed by atoms with Crippen LogP contribution in [0.5, 0.6) is 0 Å². The molecule has 3 heteroatoms. The van der Waals surface area contributed by atoms with E-state index in [-0.39, 0.29) is 5.25 Å². The quantitative estimate of drug-likeness (QED) is 0.702. The Labute approximate surface area is 123 Å². The maximum atomic E-state index is 5.98. The number of nitrogens with one attached hydrogen (secondary N) is 1. The molecule has 1 unspecified atom stereocenters. The van der Waals surface area contributed by atoms with Gasteiger partial charge in [0.25, 0.3) is 0 Å². The van der Waals surface area contributed by atoms with Gasteiger partial charge in [-0.2, -0.15) is 0 Å². The Hall–Kier alpha value is -1.71. The number of benzene rings is 2. The van der Waals surface area contributed by atoms with Gasteiger partial charge in [0, 0.05) is 22.7 Å². The molecule has 2 aromatic carbocycles. The molecular weight excluding hydrogens is 264 g/mol. The number of hydrogen-bond acceptors (Lipinski definition) is 2. The summed E-state index contributed by atoms with van der Waals surface area (Å²) in [4.78, 5) is 3.46. The Morgan fingerprint density at radius 2 is 1.85 bits per heavy atom. The van der Waals surface area contributed by atoms with Gasteiger partial charge in [-0.05, 0) is 30.2 Å². The van der Waals surface area contributed by atoms with Crippen molar-refractivity contribution < 1.29 is 0 Å². The second-order valence-electron chi connectivity index (χ2n) is 4.92. The Morgan fingerprint density at radius 3 is 2.60 bits per heavy atom. The van der Waals surface area contributed by atoms with E-state index in [1.165, 1.54) is 27.1 Å². The van der Waals surface area contributed by atoms with Crippen LogP contribution in [-0.4, -0.2) is 11.5 Å². The number of hydrogen-bond donors (Lipinski definition) is 2. The number of rotatable bonds is 4. The number of nitrogens with two attached hydrogens (primary N) is 1. The minimum atomic E-state index is 0.282. The maximum absolute atomic E-state index is 5.98. The Bertz CT molecular complexity index is 685. The number of fused-ring (bicyclic) bond motifs is 1. The lowest BCUT2D eigenvalue weighted by molar-refractivity contribution is 0.928. The summed E-state index contributed by atoms with van der Waals surface area (Å²) < 4.78 is 0. The van der Waals surface area contributed by atoms with Crippen LogP contribution in [0.2, 0.25) is 0 Å². The number of aryl methyl sites for hydroxylation is 1. The van der Waals surface area contributed by atoms with Crippen LogP contribution in [0.25, 0.3) is 10.9 Å². The monoisotopic (exact) mass is 282 g/mol. The highest BCUT2D eigenvalue weighted by Gasteiger charge is 2.14. The van der Waals surface area contributed by atoms with Crippen molar-refractivity contribution in [2.75, 3.05) is 6.54 Å². The summed E-state index contributed by atoms with van der Waals surface area (Å²) in [6.45, 7) is 2.77. The Morgan fingerprint density at radius 1 is 1.10 bits per heavy atom. The predicted molar refractivity (Wildman–Crippen MR) is 87.1 cm³/mol. The van der Waals surface area contributed by atoms with Crippen molar-refractivity contribution in [1.82, 2.24) is 4.98 Å². The molecule has 0 radical (unpaired) electrons. The fourth-order valence-corrected chi connectivity index (χ4v) is 3.61. The molecule has 0 fully saturated rings. The molecule has 1 heterocycles. The maximum Gasteiger partial charge on any atom is 0.0738 e. The Kier molecular flexibility index (Phi) is 3.81. The summed E-state index contributed by atoms with van der Waals surface area (Å²) in [5, 5.41) is 2.70. The fourth-order valence-electron chi connectivity index (χ4n) is 2.45. The molecule has 0 aliphatic heterocycles. The van der Waals surface area contributed by atoms with E-state index in [4.69, 9.17) is 5.73 Å². The van der Waals surface area contributed by atoms with E-state index in [0.29, 0.717) is 6.54 Å². The molecule has 3 aromatic rings. The van der Waals surface area contributed by atoms with Gasteiger partial charge in [0.1, 0.15) is 0 Å². The van der Waals surface area contributed by atoms with Gasteiger partial charge in [0.15, 0.2) is 0 Å². The molecule has 0 aliphatic carbocycles. The zero-order valence-electron chi connectivity index (χ0n) is 11.5. The molecule has 0 saturated heterocycles. The number of thioether (sulfide) groups is 1. The van der Waals surface area contributed by atoms with Crippen molar-refractivity contribution in [2.45, 2.75) is 17.2 Å². The first-order valence-electron chi connectivity index (χ1n) is 6.78. The first-order valence-corrected chi connectivity index (χ1v) is 7.66. The highest BCUT2D eigenvalue weighted by molar-refractivity contribution is 7.99. The highest BCUT2D eigenvalue weighted by atomic mass is 32.2. The summed E-state index contributed by atoms with van der Waals surface area (Å²) in [7, 11) is 0. The molecular formula is C17H18N2S. The van der Waals surface area contributed by atoms with E-state index in [2.05, 4.69) is 66.5 Å². The minimum Gasteiger partial charge on any atom is -0.350 e. The van der Waals surface area contributed by atoms with Crippen molar-refractivity contribution in [1.29, 1.82) is 0 Å².